The summed E-state index contributed by atoms with van der Waals surface area (Å²) < 4.78 is 1.63. The van der Waals surface area contributed by atoms with Gasteiger partial charge < -0.3 is 21.3 Å². The molecule has 37 heavy (non-hydrogen) atoms. The van der Waals surface area contributed by atoms with Crippen molar-refractivity contribution in [1.82, 2.24) is 14.7 Å². The smallest absolute Gasteiger partial charge is 0.274 e. The van der Waals surface area contributed by atoms with Gasteiger partial charge in [-0.25, -0.2) is 4.68 Å². The van der Waals surface area contributed by atoms with E-state index in [2.05, 4.69) is 10.4 Å². The molecule has 0 bridgehead atoms. The first kappa shape index (κ1) is 26.2. The summed E-state index contributed by atoms with van der Waals surface area (Å²) in [5.74, 6) is -0.283. The lowest BCUT2D eigenvalue weighted by atomic mass is 9.96. The van der Waals surface area contributed by atoms with Gasteiger partial charge in [-0.15, -0.1) is 0 Å². The van der Waals surface area contributed by atoms with E-state index in [-0.39, 0.29) is 25.2 Å². The number of carbonyl (C=O) groups excluding carboxylic acids is 1. The zero-order chi connectivity index (χ0) is 26.2. The predicted octanol–water partition coefficient (Wildman–Crippen LogP) is 3.27. The summed E-state index contributed by atoms with van der Waals surface area (Å²) in [7, 11) is 0. The van der Waals surface area contributed by atoms with E-state index in [1.54, 1.807) is 10.7 Å². The number of nitrogens with one attached hydrogen (secondary N) is 1. The van der Waals surface area contributed by atoms with Crippen LogP contribution in [0, 0.1) is 6.92 Å². The van der Waals surface area contributed by atoms with Crippen molar-refractivity contribution in [2.24, 2.45) is 5.73 Å². The van der Waals surface area contributed by atoms with Gasteiger partial charge in [-0.2, -0.15) is 5.10 Å². The third-order valence-corrected chi connectivity index (χ3v) is 6.17. The Morgan fingerprint density at radius 2 is 1.65 bits per heavy atom. The molecule has 192 valence electrons. The maximum absolute atomic E-state index is 13.4. The molecule has 1 unspecified atom stereocenters. The summed E-state index contributed by atoms with van der Waals surface area (Å²) in [6.07, 6.45) is 0. The van der Waals surface area contributed by atoms with Crippen LogP contribution in [-0.4, -0.2) is 57.1 Å². The fourth-order valence-corrected chi connectivity index (χ4v) is 4.53. The van der Waals surface area contributed by atoms with Gasteiger partial charge in [-0.3, -0.25) is 9.69 Å². The lowest BCUT2D eigenvalue weighted by Gasteiger charge is -2.32. The van der Waals surface area contributed by atoms with Crippen molar-refractivity contribution in [3.05, 3.63) is 113 Å². The van der Waals surface area contributed by atoms with Gasteiger partial charge in [0.25, 0.3) is 5.91 Å². The second-order valence-electron chi connectivity index (χ2n) is 8.83. The quantitative estimate of drug-likeness (QED) is 0.252. The Bertz CT molecular complexity index is 1320. The number of amides is 1. The minimum absolute atomic E-state index is 0.0333. The maximum atomic E-state index is 13.4. The molecule has 0 spiro atoms. The largest absolute Gasteiger partial charge is 0.395 e. The number of nitrogens with two attached hydrogens (primary N) is 1. The van der Waals surface area contributed by atoms with Gasteiger partial charge in [0.2, 0.25) is 0 Å². The third-order valence-electron chi connectivity index (χ3n) is 6.17. The number of aliphatic hydroxyl groups is 2. The predicted molar refractivity (Wildman–Crippen MR) is 145 cm³/mol. The molecule has 1 amide bonds. The molecule has 8 nitrogen and oxygen atoms in total. The molecule has 0 aliphatic rings. The Labute approximate surface area is 217 Å². The molecule has 1 atom stereocenters. The fraction of sp³-hybridized carbons (Fsp3) is 0.241. The highest BCUT2D eigenvalue weighted by molar-refractivity contribution is 6.03. The zero-order valence-electron chi connectivity index (χ0n) is 20.9. The minimum Gasteiger partial charge on any atom is -0.395 e. The molecule has 1 heterocycles. The topological polar surface area (TPSA) is 117 Å². The first-order chi connectivity index (χ1) is 18.0. The second kappa shape index (κ2) is 12.4. The molecule has 4 rings (SSSR count). The van der Waals surface area contributed by atoms with E-state index in [0.717, 1.165) is 28.1 Å². The van der Waals surface area contributed by atoms with Crippen LogP contribution in [0.3, 0.4) is 0 Å². The van der Waals surface area contributed by atoms with E-state index < -0.39 is 0 Å². The highest BCUT2D eigenvalue weighted by Crippen LogP contribution is 2.30. The van der Waals surface area contributed by atoms with Gasteiger partial charge >= 0.3 is 0 Å². The average molecular weight is 500 g/mol. The van der Waals surface area contributed by atoms with Crippen LogP contribution in [0.4, 0.5) is 5.69 Å². The standard InChI is InChI=1S/C29H33N5O3/c1-21-17-27(34(32-21)26-12-5-7-22(18-26)20-30)29(37)31-25-11-6-10-24(19-25)28(23-8-3-2-4-9-23)33(13-15-35)14-16-36/h2-12,17-19,28,35-36H,13-16,20,30H2,1H3,(H,31,37). The molecule has 3 aromatic carbocycles. The van der Waals surface area contributed by atoms with E-state index in [0.29, 0.717) is 31.0 Å². The highest BCUT2D eigenvalue weighted by atomic mass is 16.3. The van der Waals surface area contributed by atoms with Gasteiger partial charge in [-0.05, 0) is 53.9 Å². The van der Waals surface area contributed by atoms with Crippen LogP contribution in [0.2, 0.25) is 0 Å². The third kappa shape index (κ3) is 6.31. The number of rotatable bonds is 11. The maximum Gasteiger partial charge on any atom is 0.274 e. The summed E-state index contributed by atoms with van der Waals surface area (Å²) in [5, 5.41) is 26.9. The number of hydrogen-bond donors (Lipinski definition) is 4. The Hall–Kier alpha value is -3.82. The normalized spacial score (nSPS) is 12.0. The number of aliphatic hydroxyl groups excluding tert-OH is 2. The number of anilines is 1. The molecule has 8 heteroatoms. The first-order valence-corrected chi connectivity index (χ1v) is 12.3. The van der Waals surface area contributed by atoms with Crippen LogP contribution >= 0.6 is 0 Å². The molecular weight excluding hydrogens is 466 g/mol. The van der Waals surface area contributed by atoms with E-state index in [4.69, 9.17) is 5.73 Å². The molecular formula is C29H33N5O3. The molecule has 0 saturated carbocycles. The first-order valence-electron chi connectivity index (χ1n) is 12.3. The molecule has 5 N–H and O–H groups in total. The second-order valence-corrected chi connectivity index (χ2v) is 8.83. The van der Waals surface area contributed by atoms with Crippen molar-refractivity contribution >= 4 is 11.6 Å². The monoisotopic (exact) mass is 499 g/mol. The number of carbonyl (C=O) groups is 1. The SMILES string of the molecule is Cc1cc(C(=O)Nc2cccc(C(c3ccccc3)N(CCO)CCO)c2)n(-c2cccc(CN)c2)n1. The van der Waals surface area contributed by atoms with Crippen molar-refractivity contribution in [2.75, 3.05) is 31.6 Å². The van der Waals surface area contributed by atoms with Crippen LogP contribution in [0.1, 0.15) is 38.9 Å². The number of hydrogen-bond acceptors (Lipinski definition) is 6. The zero-order valence-corrected chi connectivity index (χ0v) is 20.9. The minimum atomic E-state index is -0.283. The van der Waals surface area contributed by atoms with Crippen LogP contribution in [0.5, 0.6) is 0 Å². The van der Waals surface area contributed by atoms with Crippen molar-refractivity contribution in [3.63, 3.8) is 0 Å². The molecule has 0 fully saturated rings. The van der Waals surface area contributed by atoms with Crippen LogP contribution in [0.25, 0.3) is 5.69 Å². The van der Waals surface area contributed by atoms with Crippen molar-refractivity contribution in [2.45, 2.75) is 19.5 Å². The van der Waals surface area contributed by atoms with Crippen molar-refractivity contribution in [1.29, 1.82) is 0 Å². The molecule has 1 aromatic heterocycles. The molecule has 0 aliphatic carbocycles. The van der Waals surface area contributed by atoms with Crippen LogP contribution in [0.15, 0.2) is 84.9 Å². The van der Waals surface area contributed by atoms with Crippen molar-refractivity contribution < 1.29 is 15.0 Å². The van der Waals surface area contributed by atoms with E-state index >= 15 is 0 Å². The fourth-order valence-electron chi connectivity index (χ4n) is 4.53. The Balaban J connectivity index is 1.65. The summed E-state index contributed by atoms with van der Waals surface area (Å²) in [5.41, 5.74) is 11.3. The lowest BCUT2D eigenvalue weighted by molar-refractivity contribution is 0.101. The molecule has 0 saturated heterocycles. The van der Waals surface area contributed by atoms with Gasteiger partial charge in [0.1, 0.15) is 5.69 Å². The van der Waals surface area contributed by atoms with Gasteiger partial charge in [0.05, 0.1) is 30.6 Å². The van der Waals surface area contributed by atoms with E-state index in [1.807, 2.05) is 90.7 Å². The van der Waals surface area contributed by atoms with Crippen LogP contribution in [-0.2, 0) is 6.54 Å². The Morgan fingerprint density at radius 3 is 2.35 bits per heavy atom. The summed E-state index contributed by atoms with van der Waals surface area (Å²) in [4.78, 5) is 15.4. The molecule has 4 aromatic rings. The number of benzene rings is 3. The number of aromatic nitrogens is 2. The summed E-state index contributed by atoms with van der Waals surface area (Å²) in [6, 6.07) is 26.8. The number of nitrogens with zero attached hydrogens (tertiary/aromatic N) is 3. The van der Waals surface area contributed by atoms with E-state index in [9.17, 15) is 15.0 Å². The molecule has 0 aliphatic heterocycles. The van der Waals surface area contributed by atoms with Gasteiger partial charge in [-0.1, -0.05) is 54.6 Å². The highest BCUT2D eigenvalue weighted by Gasteiger charge is 2.23. The van der Waals surface area contributed by atoms with Gasteiger partial charge in [0, 0.05) is 25.3 Å². The lowest BCUT2D eigenvalue weighted by Crippen LogP contribution is -2.34. The van der Waals surface area contributed by atoms with Crippen molar-refractivity contribution in [3.8, 4) is 5.69 Å². The Kier molecular flexibility index (Phi) is 8.81. The summed E-state index contributed by atoms with van der Waals surface area (Å²) >= 11 is 0. The average Bonchev–Trinajstić information content (AvgIpc) is 3.32. The number of aryl methyl sites for hydroxylation is 1. The van der Waals surface area contributed by atoms with E-state index in [1.165, 1.54) is 0 Å². The van der Waals surface area contributed by atoms with Crippen LogP contribution < -0.4 is 11.1 Å². The summed E-state index contributed by atoms with van der Waals surface area (Å²) in [6.45, 7) is 2.98. The van der Waals surface area contributed by atoms with Gasteiger partial charge in [0.15, 0.2) is 0 Å². The molecule has 0 radical (unpaired) electrons. The Morgan fingerprint density at radius 1 is 0.946 bits per heavy atom.